The van der Waals surface area contributed by atoms with E-state index in [4.69, 9.17) is 103 Å². The second kappa shape index (κ2) is 58.4. The van der Waals surface area contributed by atoms with Crippen LogP contribution in [0.3, 0.4) is 0 Å². The maximum atomic E-state index is 15.2. The fraction of sp³-hybridized carbons (Fsp3) is 0.746. The normalized spacial score (nSPS) is 13.5. The Kier molecular flexibility index (Phi) is 53.1. The van der Waals surface area contributed by atoms with Crippen LogP contribution in [-0.2, 0) is 43.2 Å². The van der Waals surface area contributed by atoms with E-state index in [-0.39, 0.29) is 264 Å². The van der Waals surface area contributed by atoms with Gasteiger partial charge < -0.3 is 109 Å². The number of rotatable bonds is 67. The number of carbonyl (C=O) groups excluding carboxylic acids is 9. The largest absolute Gasteiger partial charge is 0.370 e. The van der Waals surface area contributed by atoms with Crippen LogP contribution in [0.5, 0.6) is 0 Å². The van der Waals surface area contributed by atoms with Crippen LogP contribution < -0.4 is 109 Å². The molecule has 614 valence electrons. The summed E-state index contributed by atoms with van der Waals surface area (Å²) in [6.45, 7) is 7.31. The topological polar surface area (TPSA) is 745 Å². The minimum Gasteiger partial charge on any atom is -0.370 e. The molecule has 0 aromatic rings. The molecule has 37 N–H and O–H groups in total. The van der Waals surface area contributed by atoms with Crippen LogP contribution in [0.2, 0.25) is 0 Å². The quantitative estimate of drug-likeness (QED) is 0.0201. The van der Waals surface area contributed by atoms with Crippen LogP contribution in [-0.4, -0.2) is 171 Å². The Morgan fingerprint density at radius 3 is 0.667 bits per heavy atom. The molecule has 0 spiro atoms. The third kappa shape index (κ3) is 50.7. The van der Waals surface area contributed by atoms with E-state index in [0.29, 0.717) is 38.6 Å². The number of amides is 1. The minimum atomic E-state index is -1.07. The lowest BCUT2D eigenvalue weighted by atomic mass is 9.77. The van der Waals surface area contributed by atoms with Gasteiger partial charge in [-0.25, -0.2) is 0 Å². The van der Waals surface area contributed by atoms with Gasteiger partial charge in [-0.3, -0.25) is 88.1 Å². The summed E-state index contributed by atoms with van der Waals surface area (Å²) in [6.07, 6.45) is 5.42. The van der Waals surface area contributed by atoms with Gasteiger partial charge in [-0.2, -0.15) is 0 Å². The van der Waals surface area contributed by atoms with E-state index in [9.17, 15) is 24.0 Å². The Morgan fingerprint density at radius 1 is 0.250 bits per heavy atom. The molecule has 0 saturated carbocycles. The molecule has 0 fully saturated rings. The Bertz CT molecular complexity index is 3000. The van der Waals surface area contributed by atoms with Crippen molar-refractivity contribution in [3.8, 4) is 0 Å². The Morgan fingerprint density at radius 2 is 0.454 bits per heavy atom. The Hall–Kier alpha value is -9.74. The molecule has 0 bridgehead atoms. The van der Waals surface area contributed by atoms with Crippen molar-refractivity contribution in [2.45, 2.75) is 226 Å². The van der Waals surface area contributed by atoms with Crippen LogP contribution in [0.25, 0.3) is 0 Å². The molecule has 9 atom stereocenters. The average Bonchev–Trinajstić information content (AvgIpc) is 0.860. The number of nitrogens with one attached hydrogen (secondary N) is 1. The van der Waals surface area contributed by atoms with Crippen molar-refractivity contribution >= 4 is 106 Å². The molecule has 1 amide bonds. The van der Waals surface area contributed by atoms with Crippen molar-refractivity contribution in [1.29, 1.82) is 0 Å². The van der Waals surface area contributed by atoms with Crippen molar-refractivity contribution in [3.05, 3.63) is 0 Å². The van der Waals surface area contributed by atoms with Crippen LogP contribution in [0.4, 0.5) is 0 Å². The number of ketones is 8. The smallest absolute Gasteiger partial charge is 0.220 e. The molecule has 37 heteroatoms. The molecular formula is C71H136N28O9. The third-order valence-corrected chi connectivity index (χ3v) is 18.7. The number of Topliss-reactive ketones (excluding diaryl/α,β-unsaturated/α-hetero) is 8. The molecule has 0 aliphatic heterocycles. The Labute approximate surface area is 637 Å². The molecule has 37 nitrogen and oxygen atoms in total. The summed E-state index contributed by atoms with van der Waals surface area (Å²) in [5, 5.41) is 2.87. The molecule has 0 aromatic carbocycles. The second-order valence-electron chi connectivity index (χ2n) is 28.2. The molecule has 0 unspecified atom stereocenters. The molecule has 0 aromatic heterocycles. The van der Waals surface area contributed by atoms with E-state index in [2.05, 4.69) is 50.2 Å². The number of hydrogen-bond acceptors (Lipinski definition) is 18. The highest BCUT2D eigenvalue weighted by Gasteiger charge is 2.37. The van der Waals surface area contributed by atoms with Gasteiger partial charge in [0, 0.05) is 158 Å². The lowest BCUT2D eigenvalue weighted by molar-refractivity contribution is -0.136. The van der Waals surface area contributed by atoms with E-state index in [1.165, 1.54) is 0 Å². The van der Waals surface area contributed by atoms with E-state index >= 15 is 19.2 Å². The predicted molar refractivity (Wildman–Crippen MR) is 430 cm³/mol. The fourth-order valence-corrected chi connectivity index (χ4v) is 12.8. The molecule has 0 heterocycles. The highest BCUT2D eigenvalue weighted by atomic mass is 16.2. The highest BCUT2D eigenvalue weighted by Crippen LogP contribution is 2.33. The molecule has 0 saturated heterocycles. The van der Waals surface area contributed by atoms with Crippen molar-refractivity contribution in [1.82, 2.24) is 5.32 Å². The Balaban J connectivity index is 7.94. The summed E-state index contributed by atoms with van der Waals surface area (Å²) in [7, 11) is 0. The van der Waals surface area contributed by atoms with E-state index in [1.807, 2.05) is 20.8 Å². The first-order valence-electron chi connectivity index (χ1n) is 38.1. The zero-order valence-electron chi connectivity index (χ0n) is 64.6. The van der Waals surface area contributed by atoms with Crippen LogP contribution in [0.15, 0.2) is 44.9 Å². The van der Waals surface area contributed by atoms with E-state index < -0.39 is 101 Å². The van der Waals surface area contributed by atoms with Gasteiger partial charge in [0.25, 0.3) is 0 Å². The molecule has 0 rings (SSSR count). The lowest BCUT2D eigenvalue weighted by Gasteiger charge is -2.25. The molecule has 0 aliphatic carbocycles. The SMILES string of the molecule is CCCCCCC(=O)N[C@@H](CCCN=C(N)N)C(=O)C[C@H](CCCN=C(N)N)C(=O)C[C@H](CCCN=C(N)N)C(=O)C[C@H](CCCN=C(N)N)C(=O)C[C@H](CCCN=C(N)N)C(=O)C[C@H](CCCN=C(N)N)C(=O)C[C@H](CCCN=C(N)N)C(=O)C[C@H](CCCN=C(N)N)C(=O)C[C@@H](CCCN=C(N)N)C(C)C. The first kappa shape index (κ1) is 98.3. The van der Waals surface area contributed by atoms with E-state index in [1.54, 1.807) is 0 Å². The average molecular weight is 1530 g/mol. The standard InChI is InChI=1S/C71H136N28O9/c1-4-5-6-7-26-62(108)99-53(25-16-35-98-71(88)89)61(107)43-52(24-15-34-97-70(86)87)60(106)42-51(23-14-33-96-69(84)85)59(105)41-50(22-13-32-95-68(82)83)58(104)40-49(21-12-31-94-67(80)81)57(103)39-48(20-11-30-93-66(78)79)56(102)38-47(19-10-29-92-65(76)77)55(101)37-46(18-9-28-91-64(74)75)54(100)36-45(44(2)3)17-8-27-90-63(72)73/h44-53H,4-43H2,1-3H3,(H,99,108)(H4,72,73,90)(H4,74,75,91)(H4,76,77,92)(H4,78,79,93)(H4,80,81,94)(H4,82,83,95)(H4,84,85,96)(H4,86,87,97)(H4,88,89,98)/t45-,46+,47+,48+,49+,50+,51+,52+,53+/m1/s1. The zero-order chi connectivity index (χ0) is 81.5. The van der Waals surface area contributed by atoms with Crippen molar-refractivity contribution in [2.24, 2.45) is 201 Å². The lowest BCUT2D eigenvalue weighted by Crippen LogP contribution is -2.42. The van der Waals surface area contributed by atoms with Crippen LogP contribution >= 0.6 is 0 Å². The molecule has 0 radical (unpaired) electrons. The first-order valence-corrected chi connectivity index (χ1v) is 38.1. The monoisotopic (exact) mass is 1530 g/mol. The summed E-state index contributed by atoms with van der Waals surface area (Å²) in [5.74, 6) is -12.1. The summed E-state index contributed by atoms with van der Waals surface area (Å²) in [6, 6.07) is -1.00. The van der Waals surface area contributed by atoms with Gasteiger partial charge in [0.1, 0.15) is 40.5 Å². The second-order valence-corrected chi connectivity index (χ2v) is 28.2. The molecule has 0 aliphatic rings. The van der Waals surface area contributed by atoms with Crippen molar-refractivity contribution in [2.75, 3.05) is 58.9 Å². The zero-order valence-corrected chi connectivity index (χ0v) is 64.6. The van der Waals surface area contributed by atoms with Crippen molar-refractivity contribution < 1.29 is 43.2 Å². The van der Waals surface area contributed by atoms with Gasteiger partial charge in [-0.1, -0.05) is 40.0 Å². The van der Waals surface area contributed by atoms with E-state index in [0.717, 1.165) is 19.3 Å². The minimum absolute atomic E-state index is 0.0426. The van der Waals surface area contributed by atoms with Crippen molar-refractivity contribution in [3.63, 3.8) is 0 Å². The van der Waals surface area contributed by atoms with Gasteiger partial charge in [0.2, 0.25) is 5.91 Å². The maximum absolute atomic E-state index is 15.2. The fourth-order valence-electron chi connectivity index (χ4n) is 12.8. The van der Waals surface area contributed by atoms with Gasteiger partial charge in [0.15, 0.2) is 59.4 Å². The van der Waals surface area contributed by atoms with Gasteiger partial charge in [-0.15, -0.1) is 0 Å². The summed E-state index contributed by atoms with van der Waals surface area (Å²) < 4.78 is 0. The van der Waals surface area contributed by atoms with Gasteiger partial charge >= 0.3 is 0 Å². The highest BCUT2D eigenvalue weighted by molar-refractivity contribution is 5.98. The number of nitrogens with two attached hydrogens (primary N) is 18. The predicted octanol–water partition coefficient (Wildman–Crippen LogP) is -0.817. The summed E-state index contributed by atoms with van der Waals surface area (Å²) in [4.78, 5) is 170. The first-order chi connectivity index (χ1) is 51.1. The molecule has 108 heavy (non-hydrogen) atoms. The van der Waals surface area contributed by atoms with Crippen LogP contribution in [0.1, 0.15) is 220 Å². The van der Waals surface area contributed by atoms with Gasteiger partial charge in [-0.05, 0) is 134 Å². The number of carbonyl (C=O) groups is 9. The van der Waals surface area contributed by atoms with Gasteiger partial charge in [0.05, 0.1) is 6.04 Å². The number of aliphatic imine (C=N–C) groups is 9. The summed E-state index contributed by atoms with van der Waals surface area (Å²) >= 11 is 0. The third-order valence-electron chi connectivity index (χ3n) is 18.7. The maximum Gasteiger partial charge on any atom is 0.220 e. The number of hydrogen-bond donors (Lipinski definition) is 19. The van der Waals surface area contributed by atoms with Crippen LogP contribution in [0, 0.1) is 53.3 Å². The molecular weight excluding hydrogens is 1390 g/mol. The number of unbranched alkanes of at least 4 members (excludes halogenated alkanes) is 3. The number of guanidine groups is 9. The summed E-state index contributed by atoms with van der Waals surface area (Å²) in [5.41, 5.74) is 102. The number of nitrogens with zero attached hydrogens (tertiary/aromatic N) is 9.